The van der Waals surface area contributed by atoms with E-state index in [1.54, 1.807) is 7.05 Å². The van der Waals surface area contributed by atoms with Crippen LogP contribution in [0.15, 0.2) is 30.5 Å². The van der Waals surface area contributed by atoms with Crippen molar-refractivity contribution in [3.05, 3.63) is 52.8 Å². The van der Waals surface area contributed by atoms with E-state index in [2.05, 4.69) is 15.7 Å². The lowest BCUT2D eigenvalue weighted by Crippen LogP contribution is -2.18. The van der Waals surface area contributed by atoms with Gasteiger partial charge < -0.3 is 10.6 Å². The molecule has 106 valence electrons. The van der Waals surface area contributed by atoms with E-state index in [-0.39, 0.29) is 5.91 Å². The fourth-order valence-electron chi connectivity index (χ4n) is 2.08. The summed E-state index contributed by atoms with van der Waals surface area (Å²) in [6.45, 7) is 3.56. The second-order valence-electron chi connectivity index (χ2n) is 4.79. The van der Waals surface area contributed by atoms with Crippen LogP contribution in [0.1, 0.15) is 27.2 Å². The number of rotatable bonds is 5. The zero-order chi connectivity index (χ0) is 14.5. The largest absolute Gasteiger partial charge is 0.355 e. The minimum absolute atomic E-state index is 0.0597. The van der Waals surface area contributed by atoms with Gasteiger partial charge in [-0.1, -0.05) is 12.1 Å². The fourth-order valence-corrected chi connectivity index (χ4v) is 2.08. The number of hydrogen-bond acceptors (Lipinski definition) is 3. The van der Waals surface area contributed by atoms with Crippen LogP contribution in [0.25, 0.3) is 0 Å². The molecule has 1 heterocycles. The standard InChI is InChI=1S/C15H20N4O/c1-11-14(10-19(3)18-11)9-17-8-12-4-6-13(7-5-12)15(20)16-2/h4-7,10,17H,8-9H2,1-3H3,(H,16,20). The van der Waals surface area contributed by atoms with Gasteiger partial charge in [0.1, 0.15) is 0 Å². The Morgan fingerprint density at radius 1 is 1.25 bits per heavy atom. The van der Waals surface area contributed by atoms with Crippen molar-refractivity contribution in [1.82, 2.24) is 20.4 Å². The van der Waals surface area contributed by atoms with Crippen LogP contribution in [0, 0.1) is 6.92 Å². The van der Waals surface area contributed by atoms with Crippen LogP contribution in [-0.2, 0) is 20.1 Å². The van der Waals surface area contributed by atoms with E-state index in [1.807, 2.05) is 49.1 Å². The van der Waals surface area contributed by atoms with Gasteiger partial charge in [-0.2, -0.15) is 5.10 Å². The van der Waals surface area contributed by atoms with E-state index < -0.39 is 0 Å². The van der Waals surface area contributed by atoms with E-state index in [9.17, 15) is 4.79 Å². The molecular weight excluding hydrogens is 252 g/mol. The molecule has 2 aromatic rings. The summed E-state index contributed by atoms with van der Waals surface area (Å²) in [7, 11) is 3.56. The molecule has 0 bridgehead atoms. The second-order valence-corrected chi connectivity index (χ2v) is 4.79. The van der Waals surface area contributed by atoms with E-state index in [0.29, 0.717) is 5.56 Å². The molecule has 1 aromatic heterocycles. The number of nitrogens with one attached hydrogen (secondary N) is 2. The van der Waals surface area contributed by atoms with Crippen LogP contribution in [-0.4, -0.2) is 22.7 Å². The van der Waals surface area contributed by atoms with Crippen molar-refractivity contribution < 1.29 is 4.79 Å². The van der Waals surface area contributed by atoms with Gasteiger partial charge in [0, 0.05) is 44.5 Å². The first-order valence-electron chi connectivity index (χ1n) is 6.61. The maximum absolute atomic E-state index is 11.4. The SMILES string of the molecule is CNC(=O)c1ccc(CNCc2cn(C)nc2C)cc1. The number of carbonyl (C=O) groups is 1. The molecule has 5 nitrogen and oxygen atoms in total. The van der Waals surface area contributed by atoms with Crippen molar-refractivity contribution in [1.29, 1.82) is 0 Å². The highest BCUT2D eigenvalue weighted by Crippen LogP contribution is 2.06. The Morgan fingerprint density at radius 3 is 2.50 bits per heavy atom. The lowest BCUT2D eigenvalue weighted by molar-refractivity contribution is 0.0963. The van der Waals surface area contributed by atoms with Gasteiger partial charge in [-0.3, -0.25) is 9.48 Å². The van der Waals surface area contributed by atoms with E-state index in [1.165, 1.54) is 5.56 Å². The zero-order valence-corrected chi connectivity index (χ0v) is 12.1. The van der Waals surface area contributed by atoms with Crippen molar-refractivity contribution in [3.63, 3.8) is 0 Å². The normalized spacial score (nSPS) is 10.6. The number of aryl methyl sites for hydroxylation is 2. The maximum Gasteiger partial charge on any atom is 0.251 e. The van der Waals surface area contributed by atoms with Gasteiger partial charge in [-0.25, -0.2) is 0 Å². The van der Waals surface area contributed by atoms with Crippen LogP contribution < -0.4 is 10.6 Å². The summed E-state index contributed by atoms with van der Waals surface area (Å²) in [5, 5.41) is 10.3. The molecule has 0 fully saturated rings. The Labute approximate surface area is 119 Å². The van der Waals surface area contributed by atoms with Crippen LogP contribution in [0.2, 0.25) is 0 Å². The number of aromatic nitrogens is 2. The minimum Gasteiger partial charge on any atom is -0.355 e. The second kappa shape index (κ2) is 6.34. The molecule has 0 aliphatic heterocycles. The number of carbonyl (C=O) groups excluding carboxylic acids is 1. The van der Waals surface area contributed by atoms with Gasteiger partial charge in [0.15, 0.2) is 0 Å². The predicted molar refractivity (Wildman–Crippen MR) is 78.3 cm³/mol. The van der Waals surface area contributed by atoms with Gasteiger partial charge in [0.2, 0.25) is 0 Å². The van der Waals surface area contributed by atoms with Crippen LogP contribution >= 0.6 is 0 Å². The third kappa shape index (κ3) is 3.45. The number of hydrogen-bond donors (Lipinski definition) is 2. The lowest BCUT2D eigenvalue weighted by Gasteiger charge is -2.05. The molecule has 2 rings (SSSR count). The van der Waals surface area contributed by atoms with Crippen molar-refractivity contribution in [3.8, 4) is 0 Å². The monoisotopic (exact) mass is 272 g/mol. The summed E-state index contributed by atoms with van der Waals surface area (Å²) >= 11 is 0. The molecule has 0 unspecified atom stereocenters. The third-order valence-electron chi connectivity index (χ3n) is 3.20. The molecular formula is C15H20N4O. The Balaban J connectivity index is 1.88. The fraction of sp³-hybridized carbons (Fsp3) is 0.333. The summed E-state index contributed by atoms with van der Waals surface area (Å²) in [4.78, 5) is 11.4. The molecule has 0 atom stereocenters. The topological polar surface area (TPSA) is 59.0 Å². The number of amides is 1. The quantitative estimate of drug-likeness (QED) is 0.864. The first kappa shape index (κ1) is 14.3. The summed E-state index contributed by atoms with van der Waals surface area (Å²) < 4.78 is 1.82. The lowest BCUT2D eigenvalue weighted by atomic mass is 10.1. The molecule has 20 heavy (non-hydrogen) atoms. The van der Waals surface area contributed by atoms with Gasteiger partial charge in [-0.05, 0) is 24.6 Å². The van der Waals surface area contributed by atoms with Crippen molar-refractivity contribution in [2.45, 2.75) is 20.0 Å². The zero-order valence-electron chi connectivity index (χ0n) is 12.1. The average molecular weight is 272 g/mol. The molecule has 5 heteroatoms. The molecule has 0 spiro atoms. The average Bonchev–Trinajstić information content (AvgIpc) is 2.77. The van der Waals surface area contributed by atoms with Crippen molar-refractivity contribution in [2.75, 3.05) is 7.05 Å². The van der Waals surface area contributed by atoms with Gasteiger partial charge in [0.25, 0.3) is 5.91 Å². The van der Waals surface area contributed by atoms with E-state index >= 15 is 0 Å². The molecule has 0 radical (unpaired) electrons. The van der Waals surface area contributed by atoms with Crippen molar-refractivity contribution in [2.24, 2.45) is 7.05 Å². The van der Waals surface area contributed by atoms with Crippen LogP contribution in [0.4, 0.5) is 0 Å². The summed E-state index contributed by atoms with van der Waals surface area (Å²) in [6.07, 6.45) is 2.02. The summed E-state index contributed by atoms with van der Waals surface area (Å²) in [5.74, 6) is -0.0597. The van der Waals surface area contributed by atoms with Crippen molar-refractivity contribution >= 4 is 5.91 Å². The Bertz CT molecular complexity index is 586. The minimum atomic E-state index is -0.0597. The molecule has 0 aliphatic rings. The highest BCUT2D eigenvalue weighted by molar-refractivity contribution is 5.93. The highest BCUT2D eigenvalue weighted by Gasteiger charge is 2.04. The van der Waals surface area contributed by atoms with Crippen LogP contribution in [0.5, 0.6) is 0 Å². The third-order valence-corrected chi connectivity index (χ3v) is 3.20. The van der Waals surface area contributed by atoms with Gasteiger partial charge in [0.05, 0.1) is 5.69 Å². The smallest absolute Gasteiger partial charge is 0.251 e. The number of nitrogens with zero attached hydrogens (tertiary/aromatic N) is 2. The Hall–Kier alpha value is -2.14. The van der Waals surface area contributed by atoms with E-state index in [4.69, 9.17) is 0 Å². The van der Waals surface area contributed by atoms with Gasteiger partial charge >= 0.3 is 0 Å². The summed E-state index contributed by atoms with van der Waals surface area (Å²) in [6, 6.07) is 7.61. The molecule has 0 saturated heterocycles. The molecule has 0 saturated carbocycles. The molecule has 2 N–H and O–H groups in total. The first-order chi connectivity index (χ1) is 9.60. The Kier molecular flexibility index (Phi) is 4.53. The predicted octanol–water partition coefficient (Wildman–Crippen LogP) is 1.38. The Morgan fingerprint density at radius 2 is 1.95 bits per heavy atom. The van der Waals surface area contributed by atoms with Crippen LogP contribution in [0.3, 0.4) is 0 Å². The maximum atomic E-state index is 11.4. The summed E-state index contributed by atoms with van der Waals surface area (Å²) in [5.41, 5.74) is 4.09. The van der Waals surface area contributed by atoms with Gasteiger partial charge in [-0.15, -0.1) is 0 Å². The first-order valence-corrected chi connectivity index (χ1v) is 6.61. The highest BCUT2D eigenvalue weighted by atomic mass is 16.1. The van der Waals surface area contributed by atoms with E-state index in [0.717, 1.165) is 24.3 Å². The number of benzene rings is 1. The molecule has 1 amide bonds. The molecule has 0 aliphatic carbocycles. The molecule has 1 aromatic carbocycles.